The van der Waals surface area contributed by atoms with Crippen molar-refractivity contribution in [1.82, 2.24) is 10.6 Å². The first kappa shape index (κ1) is 11.1. The van der Waals surface area contributed by atoms with Gasteiger partial charge in [0, 0.05) is 0 Å². The molecule has 5 nitrogen and oxygen atoms in total. The van der Waals surface area contributed by atoms with Crippen LogP contribution in [0.25, 0.3) is 0 Å². The topological polar surface area (TPSA) is 70.6 Å². The molecule has 0 aromatic heterocycles. The molecule has 16 heavy (non-hydrogen) atoms. The Bertz CT molecular complexity index is 333. The molecule has 5 heteroatoms. The summed E-state index contributed by atoms with van der Waals surface area (Å²) in [6, 6.07) is 0.213. The van der Waals surface area contributed by atoms with E-state index in [0.717, 1.165) is 25.2 Å². The smallest absolute Gasteiger partial charge is 0.288 e. The number of amides is 2. The molecule has 1 saturated carbocycles. The van der Waals surface area contributed by atoms with Crippen molar-refractivity contribution in [3.63, 3.8) is 0 Å². The summed E-state index contributed by atoms with van der Waals surface area (Å²) in [5.74, 6) is 0.345. The van der Waals surface area contributed by atoms with Crippen LogP contribution in [0.3, 0.4) is 0 Å². The molecular weight excluding hydrogens is 206 g/mol. The van der Waals surface area contributed by atoms with Crippen molar-refractivity contribution in [2.24, 2.45) is 16.8 Å². The van der Waals surface area contributed by atoms with E-state index < -0.39 is 11.8 Å². The van der Waals surface area contributed by atoms with Crippen molar-refractivity contribution < 1.29 is 9.59 Å². The zero-order valence-electron chi connectivity index (χ0n) is 9.62. The predicted molar refractivity (Wildman–Crippen MR) is 59.7 cm³/mol. The minimum absolute atomic E-state index is 0.213. The number of hydrogen-bond donors (Lipinski definition) is 2. The Morgan fingerprint density at radius 1 is 1.12 bits per heavy atom. The minimum Gasteiger partial charge on any atom is -0.288 e. The number of nitrogens with one attached hydrogen (secondary N) is 2. The van der Waals surface area contributed by atoms with Crippen LogP contribution in [0.2, 0.25) is 0 Å². The van der Waals surface area contributed by atoms with Gasteiger partial charge in [-0.15, -0.1) is 0 Å². The third-order valence-corrected chi connectivity index (χ3v) is 3.35. The van der Waals surface area contributed by atoms with E-state index in [1.54, 1.807) is 0 Å². The Kier molecular flexibility index (Phi) is 2.94. The lowest BCUT2D eigenvalue weighted by atomic mass is 9.80. The van der Waals surface area contributed by atoms with Crippen LogP contribution >= 0.6 is 0 Å². The molecule has 2 fully saturated rings. The van der Waals surface area contributed by atoms with E-state index >= 15 is 0 Å². The largest absolute Gasteiger partial charge is 0.316 e. The average Bonchev–Trinajstić information content (AvgIpc) is 2.51. The van der Waals surface area contributed by atoms with Gasteiger partial charge in [0.25, 0.3) is 0 Å². The van der Waals surface area contributed by atoms with Gasteiger partial charge in [0.15, 0.2) is 0 Å². The van der Waals surface area contributed by atoms with Crippen LogP contribution < -0.4 is 10.6 Å². The van der Waals surface area contributed by atoms with Crippen molar-refractivity contribution in [3.8, 4) is 0 Å². The van der Waals surface area contributed by atoms with Crippen LogP contribution in [0, 0.1) is 11.8 Å². The van der Waals surface area contributed by atoms with Gasteiger partial charge in [-0.25, -0.2) is 4.99 Å². The fraction of sp³-hybridized carbons (Fsp3) is 0.727. The second-order valence-electron chi connectivity index (χ2n) is 4.85. The maximum absolute atomic E-state index is 11.0. The summed E-state index contributed by atoms with van der Waals surface area (Å²) in [5.41, 5.74) is 0. The van der Waals surface area contributed by atoms with Crippen molar-refractivity contribution in [1.29, 1.82) is 0 Å². The molecule has 3 atom stereocenters. The monoisotopic (exact) mass is 223 g/mol. The minimum atomic E-state index is -0.615. The number of nitrogens with zero attached hydrogens (tertiary/aromatic N) is 1. The highest BCUT2D eigenvalue weighted by Crippen LogP contribution is 2.30. The van der Waals surface area contributed by atoms with Crippen LogP contribution in [0.4, 0.5) is 0 Å². The molecule has 0 aromatic carbocycles. The molecule has 0 aromatic rings. The van der Waals surface area contributed by atoms with Gasteiger partial charge in [-0.05, 0) is 31.1 Å². The second kappa shape index (κ2) is 4.23. The molecule has 2 N–H and O–H groups in total. The standard InChI is InChI=1S/C11H17N3O2/c1-6-3-4-8(7(2)5-6)12-11-13-9(15)10(16)14-11/h6-8H,3-5H2,1-2H3,(H2,12,13,14,15,16). The Hall–Kier alpha value is -1.39. The number of rotatable bonds is 1. The number of guanidine groups is 1. The van der Waals surface area contributed by atoms with Gasteiger partial charge in [0.05, 0.1) is 6.04 Å². The van der Waals surface area contributed by atoms with Gasteiger partial charge in [-0.2, -0.15) is 0 Å². The molecule has 2 rings (SSSR count). The van der Waals surface area contributed by atoms with E-state index in [0.29, 0.717) is 11.9 Å². The van der Waals surface area contributed by atoms with Gasteiger partial charge < -0.3 is 0 Å². The molecule has 1 aliphatic carbocycles. The number of carbonyl (C=O) groups excluding carboxylic acids is 2. The number of carbonyl (C=O) groups is 2. The third-order valence-electron chi connectivity index (χ3n) is 3.35. The lowest BCUT2D eigenvalue weighted by Crippen LogP contribution is -2.32. The van der Waals surface area contributed by atoms with Gasteiger partial charge in [0.1, 0.15) is 0 Å². The molecule has 3 unspecified atom stereocenters. The average molecular weight is 223 g/mol. The van der Waals surface area contributed by atoms with E-state index in [1.165, 1.54) is 0 Å². The first-order valence-corrected chi connectivity index (χ1v) is 5.76. The molecule has 88 valence electrons. The quantitative estimate of drug-likeness (QED) is 0.632. The highest BCUT2D eigenvalue weighted by Gasteiger charge is 2.29. The molecule has 2 aliphatic rings. The molecule has 1 aliphatic heterocycles. The van der Waals surface area contributed by atoms with Crippen LogP contribution in [-0.4, -0.2) is 23.8 Å². The summed E-state index contributed by atoms with van der Waals surface area (Å²) in [4.78, 5) is 26.3. The number of hydrogen-bond acceptors (Lipinski definition) is 3. The summed E-state index contributed by atoms with van der Waals surface area (Å²) in [6.45, 7) is 4.42. The van der Waals surface area contributed by atoms with Crippen LogP contribution in [-0.2, 0) is 9.59 Å². The fourth-order valence-corrected chi connectivity index (χ4v) is 2.43. The van der Waals surface area contributed by atoms with E-state index in [4.69, 9.17) is 0 Å². The van der Waals surface area contributed by atoms with Crippen LogP contribution in [0.1, 0.15) is 33.1 Å². The zero-order valence-corrected chi connectivity index (χ0v) is 9.62. The summed E-state index contributed by atoms with van der Waals surface area (Å²) >= 11 is 0. The van der Waals surface area contributed by atoms with Gasteiger partial charge in [0.2, 0.25) is 5.96 Å². The summed E-state index contributed by atoms with van der Waals surface area (Å²) in [5, 5.41) is 4.87. The van der Waals surface area contributed by atoms with Crippen molar-refractivity contribution in [2.75, 3.05) is 0 Å². The molecule has 0 spiro atoms. The Balaban J connectivity index is 2.01. The van der Waals surface area contributed by atoms with E-state index in [1.807, 2.05) is 0 Å². The van der Waals surface area contributed by atoms with Crippen molar-refractivity contribution in [2.45, 2.75) is 39.2 Å². The van der Waals surface area contributed by atoms with Crippen LogP contribution in [0.15, 0.2) is 4.99 Å². The van der Waals surface area contributed by atoms with Gasteiger partial charge >= 0.3 is 11.8 Å². The second-order valence-corrected chi connectivity index (χ2v) is 4.85. The lowest BCUT2D eigenvalue weighted by molar-refractivity contribution is -0.135. The summed E-state index contributed by atoms with van der Waals surface area (Å²) in [6.07, 6.45) is 3.34. The zero-order chi connectivity index (χ0) is 11.7. The van der Waals surface area contributed by atoms with E-state index in [2.05, 4.69) is 29.5 Å². The lowest BCUT2D eigenvalue weighted by Gasteiger charge is -2.29. The van der Waals surface area contributed by atoms with Crippen molar-refractivity contribution >= 4 is 17.8 Å². The maximum atomic E-state index is 11.0. The number of aliphatic imine (C=N–C) groups is 1. The first-order chi connectivity index (χ1) is 7.56. The Labute approximate surface area is 94.7 Å². The van der Waals surface area contributed by atoms with E-state index in [-0.39, 0.29) is 6.04 Å². The molecule has 1 heterocycles. The van der Waals surface area contributed by atoms with Gasteiger partial charge in [-0.1, -0.05) is 13.8 Å². The van der Waals surface area contributed by atoms with Crippen molar-refractivity contribution in [3.05, 3.63) is 0 Å². The normalized spacial score (nSPS) is 34.6. The SMILES string of the molecule is CC1CCC(N=C2NC(=O)C(=O)N2)C(C)C1. The fourth-order valence-electron chi connectivity index (χ4n) is 2.43. The third kappa shape index (κ3) is 2.23. The molecule has 0 radical (unpaired) electrons. The maximum Gasteiger partial charge on any atom is 0.316 e. The Morgan fingerprint density at radius 3 is 2.31 bits per heavy atom. The predicted octanol–water partition coefficient (Wildman–Crippen LogP) is 0.413. The highest BCUT2D eigenvalue weighted by molar-refractivity contribution is 6.45. The molecule has 1 saturated heterocycles. The summed E-state index contributed by atoms with van der Waals surface area (Å²) in [7, 11) is 0. The van der Waals surface area contributed by atoms with Crippen LogP contribution in [0.5, 0.6) is 0 Å². The molecular formula is C11H17N3O2. The Morgan fingerprint density at radius 2 is 1.75 bits per heavy atom. The first-order valence-electron chi connectivity index (χ1n) is 5.76. The highest BCUT2D eigenvalue weighted by atomic mass is 16.2. The summed E-state index contributed by atoms with van der Waals surface area (Å²) < 4.78 is 0. The molecule has 0 bridgehead atoms. The van der Waals surface area contributed by atoms with Gasteiger partial charge in [-0.3, -0.25) is 20.2 Å². The molecule has 2 amide bonds. The van der Waals surface area contributed by atoms with E-state index in [9.17, 15) is 9.59 Å².